The van der Waals surface area contributed by atoms with Crippen molar-refractivity contribution in [3.63, 3.8) is 0 Å². The quantitative estimate of drug-likeness (QED) is 0.729. The molecule has 3 aliphatic rings. The topological polar surface area (TPSA) is 26.3 Å². The zero-order valence-electron chi connectivity index (χ0n) is 11.5. The van der Waals surface area contributed by atoms with Gasteiger partial charge in [0.15, 0.2) is 5.78 Å². The standard InChI is InChI=1S/C17H17BrO2/c1-20-11-3-5-12-10(8-11)2-4-14-13(12)6-7-17(18)15(14)9-16(17)19/h3,5,8,15H,2,4,6-7,9H2,1H3/t15-,17-/m0/s1. The van der Waals surface area contributed by atoms with Crippen LogP contribution in [0.25, 0.3) is 5.57 Å². The molecule has 0 radical (unpaired) electrons. The van der Waals surface area contributed by atoms with Crippen molar-refractivity contribution in [2.24, 2.45) is 5.92 Å². The van der Waals surface area contributed by atoms with Gasteiger partial charge < -0.3 is 4.74 Å². The molecule has 4 rings (SSSR count). The number of ketones is 1. The first-order chi connectivity index (χ1) is 9.63. The molecule has 1 fully saturated rings. The van der Waals surface area contributed by atoms with Gasteiger partial charge in [-0.25, -0.2) is 0 Å². The number of aryl methyl sites for hydroxylation is 1. The lowest BCUT2D eigenvalue weighted by atomic mass is 9.59. The first-order valence-electron chi connectivity index (χ1n) is 7.25. The summed E-state index contributed by atoms with van der Waals surface area (Å²) in [4.78, 5) is 11.9. The predicted molar refractivity (Wildman–Crippen MR) is 82.2 cm³/mol. The average molecular weight is 333 g/mol. The highest BCUT2D eigenvalue weighted by Gasteiger charge is 2.56. The molecule has 1 saturated carbocycles. The van der Waals surface area contributed by atoms with E-state index in [-0.39, 0.29) is 4.32 Å². The number of alkyl halides is 1. The van der Waals surface area contributed by atoms with E-state index in [9.17, 15) is 4.79 Å². The third-order valence-electron chi connectivity index (χ3n) is 5.25. The molecule has 3 heteroatoms. The van der Waals surface area contributed by atoms with Gasteiger partial charge in [0.05, 0.1) is 11.4 Å². The van der Waals surface area contributed by atoms with Crippen LogP contribution in [0.2, 0.25) is 0 Å². The van der Waals surface area contributed by atoms with Crippen molar-refractivity contribution in [3.05, 3.63) is 34.9 Å². The number of ether oxygens (including phenoxy) is 1. The van der Waals surface area contributed by atoms with Gasteiger partial charge in [0, 0.05) is 12.3 Å². The molecule has 20 heavy (non-hydrogen) atoms. The van der Waals surface area contributed by atoms with E-state index in [4.69, 9.17) is 4.74 Å². The monoisotopic (exact) mass is 332 g/mol. The van der Waals surface area contributed by atoms with Crippen molar-refractivity contribution in [1.82, 2.24) is 0 Å². The molecule has 2 nitrogen and oxygen atoms in total. The maximum absolute atomic E-state index is 11.9. The highest BCUT2D eigenvalue weighted by Crippen LogP contribution is 2.57. The van der Waals surface area contributed by atoms with E-state index in [1.807, 2.05) is 0 Å². The van der Waals surface area contributed by atoms with E-state index in [1.54, 1.807) is 7.11 Å². The molecule has 0 N–H and O–H groups in total. The van der Waals surface area contributed by atoms with Crippen LogP contribution < -0.4 is 4.74 Å². The lowest BCUT2D eigenvalue weighted by Crippen LogP contribution is -2.54. The second kappa shape index (κ2) is 4.20. The number of halogens is 1. The molecule has 0 aromatic heterocycles. The van der Waals surface area contributed by atoms with E-state index >= 15 is 0 Å². The highest BCUT2D eigenvalue weighted by molar-refractivity contribution is 9.10. The van der Waals surface area contributed by atoms with Crippen LogP contribution in [0.5, 0.6) is 5.75 Å². The summed E-state index contributed by atoms with van der Waals surface area (Å²) >= 11 is 3.73. The zero-order chi connectivity index (χ0) is 13.9. The van der Waals surface area contributed by atoms with Crippen LogP contribution in [0.1, 0.15) is 36.8 Å². The van der Waals surface area contributed by atoms with Crippen molar-refractivity contribution >= 4 is 27.3 Å². The summed E-state index contributed by atoms with van der Waals surface area (Å²) in [6.07, 6.45) is 4.86. The van der Waals surface area contributed by atoms with Gasteiger partial charge in [0.2, 0.25) is 0 Å². The fourth-order valence-corrected chi connectivity index (χ4v) is 4.87. The SMILES string of the molecule is COc1ccc2c(c1)CCC1=C2CC[C@@]2(Br)C(=O)C[C@@H]12. The molecular formula is C17H17BrO2. The summed E-state index contributed by atoms with van der Waals surface area (Å²) in [6.45, 7) is 0. The molecule has 1 aromatic carbocycles. The lowest BCUT2D eigenvalue weighted by Gasteiger charge is -2.50. The lowest BCUT2D eigenvalue weighted by molar-refractivity contribution is -0.130. The molecule has 0 heterocycles. The average Bonchev–Trinajstić information content (AvgIpc) is 2.48. The van der Waals surface area contributed by atoms with Crippen LogP contribution in [-0.2, 0) is 11.2 Å². The molecule has 0 unspecified atom stereocenters. The van der Waals surface area contributed by atoms with Crippen molar-refractivity contribution in [2.45, 2.75) is 36.4 Å². The fourth-order valence-electron chi connectivity index (χ4n) is 4.07. The zero-order valence-corrected chi connectivity index (χ0v) is 13.1. The third kappa shape index (κ3) is 1.53. The molecule has 1 aromatic rings. The minimum absolute atomic E-state index is 0.226. The summed E-state index contributed by atoms with van der Waals surface area (Å²) in [5.41, 5.74) is 5.82. The first kappa shape index (κ1) is 12.6. The number of rotatable bonds is 1. The van der Waals surface area contributed by atoms with Crippen LogP contribution in [0.3, 0.4) is 0 Å². The Balaban J connectivity index is 1.79. The van der Waals surface area contributed by atoms with Crippen LogP contribution in [-0.4, -0.2) is 17.2 Å². The van der Waals surface area contributed by atoms with Gasteiger partial charge in [-0.3, -0.25) is 4.79 Å². The number of allylic oxidation sites excluding steroid dienone is 2. The number of Topliss-reactive ketones (excluding diaryl/α,β-unsaturated/α-hetero) is 1. The smallest absolute Gasteiger partial charge is 0.150 e. The van der Waals surface area contributed by atoms with Crippen molar-refractivity contribution in [1.29, 1.82) is 0 Å². The van der Waals surface area contributed by atoms with E-state index < -0.39 is 0 Å². The molecule has 2 atom stereocenters. The molecule has 0 amide bonds. The van der Waals surface area contributed by atoms with Crippen molar-refractivity contribution < 1.29 is 9.53 Å². The van der Waals surface area contributed by atoms with Gasteiger partial charge >= 0.3 is 0 Å². The Morgan fingerprint density at radius 1 is 1.30 bits per heavy atom. The van der Waals surface area contributed by atoms with Gasteiger partial charge in [-0.2, -0.15) is 0 Å². The molecule has 0 saturated heterocycles. The maximum atomic E-state index is 11.9. The van der Waals surface area contributed by atoms with E-state index in [0.29, 0.717) is 11.7 Å². The molecule has 0 aliphatic heterocycles. The minimum atomic E-state index is -0.226. The van der Waals surface area contributed by atoms with E-state index in [2.05, 4.69) is 34.1 Å². The highest BCUT2D eigenvalue weighted by atomic mass is 79.9. The van der Waals surface area contributed by atoms with Crippen LogP contribution in [0.4, 0.5) is 0 Å². The summed E-state index contributed by atoms with van der Waals surface area (Å²) in [5.74, 6) is 1.78. The molecule has 0 spiro atoms. The summed E-state index contributed by atoms with van der Waals surface area (Å²) in [7, 11) is 1.72. The second-order valence-corrected chi connectivity index (χ2v) is 7.48. The maximum Gasteiger partial charge on any atom is 0.150 e. The Bertz CT molecular complexity index is 646. The largest absolute Gasteiger partial charge is 0.497 e. The number of hydrogen-bond acceptors (Lipinski definition) is 2. The van der Waals surface area contributed by atoms with Gasteiger partial charge in [-0.05, 0) is 54.5 Å². The normalized spacial score (nSPS) is 31.1. The fraction of sp³-hybridized carbons (Fsp3) is 0.471. The number of benzene rings is 1. The van der Waals surface area contributed by atoms with Gasteiger partial charge in [-0.15, -0.1) is 0 Å². The summed E-state index contributed by atoms with van der Waals surface area (Å²) in [5, 5.41) is 0. The number of carbonyl (C=O) groups excluding carboxylic acids is 1. The molecule has 104 valence electrons. The molecule has 3 aliphatic carbocycles. The van der Waals surface area contributed by atoms with Crippen molar-refractivity contribution in [3.8, 4) is 5.75 Å². The van der Waals surface area contributed by atoms with Gasteiger partial charge in [0.25, 0.3) is 0 Å². The van der Waals surface area contributed by atoms with Crippen LogP contribution >= 0.6 is 15.9 Å². The van der Waals surface area contributed by atoms with Crippen LogP contribution in [0, 0.1) is 5.92 Å². The Morgan fingerprint density at radius 3 is 2.90 bits per heavy atom. The third-order valence-corrected chi connectivity index (χ3v) is 6.65. The number of hydrogen-bond donors (Lipinski definition) is 0. The van der Waals surface area contributed by atoms with Crippen LogP contribution in [0.15, 0.2) is 23.8 Å². The number of carbonyl (C=O) groups is 1. The van der Waals surface area contributed by atoms with Gasteiger partial charge in [0.1, 0.15) is 5.75 Å². The molecule has 0 bridgehead atoms. The van der Waals surface area contributed by atoms with E-state index in [1.165, 1.54) is 22.3 Å². The Morgan fingerprint density at radius 2 is 2.15 bits per heavy atom. The Kier molecular flexibility index (Phi) is 2.65. The summed E-state index contributed by atoms with van der Waals surface area (Å²) < 4.78 is 5.10. The van der Waals surface area contributed by atoms with E-state index in [0.717, 1.165) is 37.9 Å². The summed E-state index contributed by atoms with van der Waals surface area (Å²) in [6, 6.07) is 6.42. The number of methoxy groups -OCH3 is 1. The Hall–Kier alpha value is -1.09. The first-order valence-corrected chi connectivity index (χ1v) is 8.04. The predicted octanol–water partition coefficient (Wildman–Crippen LogP) is 3.91. The Labute approximate surface area is 127 Å². The molecular weight excluding hydrogens is 316 g/mol. The van der Waals surface area contributed by atoms with Crippen molar-refractivity contribution in [2.75, 3.05) is 7.11 Å². The number of fused-ring (bicyclic) bond motifs is 4. The second-order valence-electron chi connectivity index (χ2n) is 6.07. The van der Waals surface area contributed by atoms with Gasteiger partial charge in [-0.1, -0.05) is 27.6 Å². The minimum Gasteiger partial charge on any atom is -0.497 e.